The third-order valence-electron chi connectivity index (χ3n) is 3.64. The SMILES string of the molecule is CCC(C(=O)O)n1nnc(C(=O)O)c1-c1ccc(C)c(C)c1. The van der Waals surface area contributed by atoms with Crippen LogP contribution < -0.4 is 0 Å². The molecular weight excluding hydrogens is 286 g/mol. The summed E-state index contributed by atoms with van der Waals surface area (Å²) in [5, 5.41) is 26.0. The van der Waals surface area contributed by atoms with Gasteiger partial charge in [0, 0.05) is 5.56 Å². The van der Waals surface area contributed by atoms with Gasteiger partial charge in [-0.05, 0) is 37.5 Å². The molecule has 0 aliphatic heterocycles. The Morgan fingerprint density at radius 2 is 1.91 bits per heavy atom. The summed E-state index contributed by atoms with van der Waals surface area (Å²) >= 11 is 0. The minimum atomic E-state index is -1.24. The van der Waals surface area contributed by atoms with Crippen LogP contribution in [0.4, 0.5) is 0 Å². The zero-order valence-corrected chi connectivity index (χ0v) is 12.6. The molecule has 1 heterocycles. The van der Waals surface area contributed by atoms with E-state index in [-0.39, 0.29) is 17.8 Å². The molecule has 1 unspecified atom stereocenters. The van der Waals surface area contributed by atoms with E-state index in [9.17, 15) is 19.8 Å². The number of aryl methyl sites for hydroxylation is 2. The fraction of sp³-hybridized carbons (Fsp3) is 0.333. The van der Waals surface area contributed by atoms with Crippen LogP contribution in [0.25, 0.3) is 11.3 Å². The molecule has 0 saturated carbocycles. The highest BCUT2D eigenvalue weighted by Gasteiger charge is 2.28. The second kappa shape index (κ2) is 5.97. The van der Waals surface area contributed by atoms with Crippen LogP contribution in [0.15, 0.2) is 18.2 Å². The average Bonchev–Trinajstić information content (AvgIpc) is 2.87. The fourth-order valence-electron chi connectivity index (χ4n) is 2.27. The molecule has 0 aliphatic rings. The van der Waals surface area contributed by atoms with E-state index in [1.54, 1.807) is 13.0 Å². The Labute approximate surface area is 127 Å². The van der Waals surface area contributed by atoms with Gasteiger partial charge in [0.05, 0.1) is 0 Å². The van der Waals surface area contributed by atoms with Crippen LogP contribution in [0.3, 0.4) is 0 Å². The summed E-state index contributed by atoms with van der Waals surface area (Å²) in [6, 6.07) is 4.46. The van der Waals surface area contributed by atoms with Gasteiger partial charge in [0.15, 0.2) is 11.7 Å². The van der Waals surface area contributed by atoms with Crippen molar-refractivity contribution >= 4 is 11.9 Å². The third-order valence-corrected chi connectivity index (χ3v) is 3.64. The molecule has 2 aromatic rings. The van der Waals surface area contributed by atoms with Gasteiger partial charge in [-0.15, -0.1) is 5.10 Å². The minimum absolute atomic E-state index is 0.213. The molecule has 1 aromatic heterocycles. The number of aromatic carboxylic acids is 1. The van der Waals surface area contributed by atoms with E-state index in [0.29, 0.717) is 5.56 Å². The van der Waals surface area contributed by atoms with Crippen molar-refractivity contribution < 1.29 is 19.8 Å². The summed E-state index contributed by atoms with van der Waals surface area (Å²) in [5.41, 5.74) is 2.59. The monoisotopic (exact) mass is 303 g/mol. The minimum Gasteiger partial charge on any atom is -0.480 e. The molecule has 1 aromatic carbocycles. The zero-order valence-electron chi connectivity index (χ0n) is 12.6. The van der Waals surface area contributed by atoms with Gasteiger partial charge in [0.1, 0.15) is 5.69 Å². The number of benzene rings is 1. The van der Waals surface area contributed by atoms with Crippen LogP contribution in [0.2, 0.25) is 0 Å². The Hall–Kier alpha value is -2.70. The smallest absolute Gasteiger partial charge is 0.358 e. The number of hydrogen-bond donors (Lipinski definition) is 2. The molecule has 7 nitrogen and oxygen atoms in total. The van der Waals surface area contributed by atoms with Crippen molar-refractivity contribution in [1.29, 1.82) is 0 Å². The maximum Gasteiger partial charge on any atom is 0.358 e. The first kappa shape index (κ1) is 15.7. The highest BCUT2D eigenvalue weighted by Crippen LogP contribution is 2.28. The second-order valence-electron chi connectivity index (χ2n) is 5.10. The number of aromatic nitrogens is 3. The number of carboxylic acids is 2. The predicted octanol–water partition coefficient (Wildman–Crippen LogP) is 2.30. The summed E-state index contributed by atoms with van der Waals surface area (Å²) in [5.74, 6) is -2.31. The number of carbonyl (C=O) groups is 2. The van der Waals surface area contributed by atoms with E-state index in [1.807, 2.05) is 26.0 Å². The summed E-state index contributed by atoms with van der Waals surface area (Å²) in [6.45, 7) is 5.55. The van der Waals surface area contributed by atoms with Gasteiger partial charge >= 0.3 is 11.9 Å². The first-order chi connectivity index (χ1) is 10.4. The van der Waals surface area contributed by atoms with E-state index < -0.39 is 18.0 Å². The Bertz CT molecular complexity index is 736. The molecule has 0 spiro atoms. The highest BCUT2D eigenvalue weighted by molar-refractivity contribution is 5.93. The van der Waals surface area contributed by atoms with Crippen molar-refractivity contribution in [2.24, 2.45) is 0 Å². The van der Waals surface area contributed by atoms with Crippen LogP contribution in [-0.2, 0) is 4.79 Å². The number of aliphatic carboxylic acids is 1. The van der Waals surface area contributed by atoms with Gasteiger partial charge in [0.2, 0.25) is 0 Å². The van der Waals surface area contributed by atoms with Gasteiger partial charge < -0.3 is 10.2 Å². The Kier molecular flexibility index (Phi) is 4.25. The van der Waals surface area contributed by atoms with Crippen molar-refractivity contribution in [2.45, 2.75) is 33.2 Å². The summed E-state index contributed by atoms with van der Waals surface area (Å²) in [4.78, 5) is 22.8. The number of carboxylic acid groups (broad SMARTS) is 2. The summed E-state index contributed by atoms with van der Waals surface area (Å²) in [6.07, 6.45) is 0.273. The topological polar surface area (TPSA) is 105 Å². The van der Waals surface area contributed by atoms with Crippen molar-refractivity contribution in [1.82, 2.24) is 15.0 Å². The summed E-state index contributed by atoms with van der Waals surface area (Å²) in [7, 11) is 0. The van der Waals surface area contributed by atoms with E-state index in [1.165, 1.54) is 4.68 Å². The van der Waals surface area contributed by atoms with Crippen molar-refractivity contribution in [3.63, 3.8) is 0 Å². The number of nitrogens with zero attached hydrogens (tertiary/aromatic N) is 3. The maximum absolute atomic E-state index is 11.4. The van der Waals surface area contributed by atoms with Gasteiger partial charge in [-0.2, -0.15) is 0 Å². The molecule has 116 valence electrons. The van der Waals surface area contributed by atoms with Crippen molar-refractivity contribution in [3.05, 3.63) is 35.0 Å². The van der Waals surface area contributed by atoms with Crippen LogP contribution in [0.1, 0.15) is 41.0 Å². The first-order valence-electron chi connectivity index (χ1n) is 6.85. The molecule has 0 radical (unpaired) electrons. The van der Waals surface area contributed by atoms with Crippen LogP contribution in [-0.4, -0.2) is 37.1 Å². The van der Waals surface area contributed by atoms with E-state index in [0.717, 1.165) is 11.1 Å². The van der Waals surface area contributed by atoms with Gasteiger partial charge in [-0.1, -0.05) is 24.3 Å². The average molecular weight is 303 g/mol. The maximum atomic E-state index is 11.4. The first-order valence-corrected chi connectivity index (χ1v) is 6.85. The van der Waals surface area contributed by atoms with Crippen LogP contribution >= 0.6 is 0 Å². The quantitative estimate of drug-likeness (QED) is 0.878. The molecule has 0 amide bonds. The zero-order chi connectivity index (χ0) is 16.4. The van der Waals surface area contributed by atoms with E-state index >= 15 is 0 Å². The van der Waals surface area contributed by atoms with Gasteiger partial charge in [0.25, 0.3) is 0 Å². The van der Waals surface area contributed by atoms with Gasteiger partial charge in [-0.3, -0.25) is 0 Å². The normalized spacial score (nSPS) is 12.1. The predicted molar refractivity (Wildman–Crippen MR) is 78.9 cm³/mol. The molecular formula is C15H17N3O4. The lowest BCUT2D eigenvalue weighted by atomic mass is 10.0. The largest absolute Gasteiger partial charge is 0.480 e. The van der Waals surface area contributed by atoms with E-state index in [2.05, 4.69) is 10.3 Å². The molecule has 22 heavy (non-hydrogen) atoms. The standard InChI is InChI=1S/C15H17N3O4/c1-4-11(14(19)20)18-13(12(15(21)22)16-17-18)10-6-5-8(2)9(3)7-10/h5-7,11H,4H2,1-3H3,(H,19,20)(H,21,22). The third kappa shape index (κ3) is 2.69. The fourth-order valence-corrected chi connectivity index (χ4v) is 2.27. The number of hydrogen-bond acceptors (Lipinski definition) is 4. The van der Waals surface area contributed by atoms with Gasteiger partial charge in [-0.25, -0.2) is 14.3 Å². The highest BCUT2D eigenvalue weighted by atomic mass is 16.4. The number of rotatable bonds is 5. The Balaban J connectivity index is 2.70. The molecule has 0 aliphatic carbocycles. The van der Waals surface area contributed by atoms with E-state index in [4.69, 9.17) is 0 Å². The molecule has 0 saturated heterocycles. The Morgan fingerprint density at radius 1 is 1.23 bits per heavy atom. The van der Waals surface area contributed by atoms with Crippen LogP contribution in [0.5, 0.6) is 0 Å². The second-order valence-corrected chi connectivity index (χ2v) is 5.10. The van der Waals surface area contributed by atoms with Crippen molar-refractivity contribution in [2.75, 3.05) is 0 Å². The lowest BCUT2D eigenvalue weighted by Gasteiger charge is -2.14. The van der Waals surface area contributed by atoms with Crippen LogP contribution in [0, 0.1) is 13.8 Å². The lowest BCUT2D eigenvalue weighted by Crippen LogP contribution is -2.20. The molecule has 1 atom stereocenters. The Morgan fingerprint density at radius 3 is 2.41 bits per heavy atom. The molecule has 2 rings (SSSR count). The molecule has 0 bridgehead atoms. The molecule has 7 heteroatoms. The molecule has 0 fully saturated rings. The molecule has 2 N–H and O–H groups in total. The lowest BCUT2D eigenvalue weighted by molar-refractivity contribution is -0.141. The summed E-state index contributed by atoms with van der Waals surface area (Å²) < 4.78 is 1.18. The van der Waals surface area contributed by atoms with Crippen molar-refractivity contribution in [3.8, 4) is 11.3 Å².